The maximum Gasteiger partial charge on any atom is 0.0541 e. The molecule has 3 radical (unpaired) electrons. The molecule has 0 amide bonds. The van der Waals surface area contributed by atoms with Gasteiger partial charge in [0, 0.05) is 123 Å². The molecule has 13 aromatic carbocycles. The van der Waals surface area contributed by atoms with Gasteiger partial charge < -0.3 is 34.5 Å². The largest absolute Gasteiger partial charge is 0.309 e. The SMILES string of the molecule is CC1(C)c2ccccc2-c2ccc(-c3cc[c-]c(-c4ccccn4)c3)cc21.CC1(C)c2ccccc2-c2cccc(-c3cc[c-]c(-c4ccccn4)c3)c21.Cc1cccc(-c2[c-]cccc2)n1.Cc1cccc(-c2[c-]cccc2)n1.Cc1cccc(-c2[c-]cccc2)n1.[Ir].[Ir].[Ir].[c-]1ccc(-c2ccc3c(c2)c2ccccc2n3-c2ccccc2)cc1-c1ccccn1. The Morgan fingerprint density at radius 2 is 0.598 bits per heavy atom. The fraction of sp³-hybridized carbons (Fsp3) is 0.0769. The molecule has 7 nitrogen and oxygen atoms in total. The molecule has 22 rings (SSSR count). The number of rotatable bonds is 10. The van der Waals surface area contributed by atoms with Crippen molar-refractivity contribution in [3.05, 3.63) is 489 Å². The van der Waals surface area contributed by atoms with Crippen LogP contribution in [0.1, 0.15) is 67.0 Å². The van der Waals surface area contributed by atoms with E-state index in [1.54, 1.807) is 0 Å². The van der Waals surface area contributed by atoms with Crippen LogP contribution in [0.15, 0.2) is 413 Å². The molecule has 2 aliphatic rings. The van der Waals surface area contributed by atoms with Crippen molar-refractivity contribution in [2.24, 2.45) is 0 Å². The summed E-state index contributed by atoms with van der Waals surface area (Å²) in [7, 11) is 0. The fourth-order valence-electron chi connectivity index (χ4n) is 16.7. The maximum atomic E-state index is 4.49. The average molecular weight is 2170 g/mol. The minimum Gasteiger partial charge on any atom is -0.309 e. The summed E-state index contributed by atoms with van der Waals surface area (Å²) in [4.78, 5) is 26.7. The van der Waals surface area contributed by atoms with Gasteiger partial charge in [-0.1, -0.05) is 228 Å². The standard InChI is InChI=1S/C29H19N2.2C26H20N.3C12H10N.3Ir/c1-2-11-24(12-3-1)31-28-15-5-4-13-25(28)26-20-22(16-17-29(26)31)21-9-8-10-23(19-21)27-14-6-7-18-30-27;1-26(2)23-14-4-3-11-21(23)22-13-8-12-20(25(22)26)18-9-7-10-19(17-18)24-15-5-6-16-27-24;1-26(2)23-11-4-3-10-21(23)22-14-13-19(17-24(22)26)18-8-7-9-20(16-18)25-12-5-6-15-27-25;3*1-10-6-5-9-12(13-10)11-7-3-2-4-8-11;;;/h1-9,11-20H;3-9,11-17H,1-2H3;3-8,10-17H,1-2H3;3*2-7,9H,1H3;;;/q6*-1;;;. The number of para-hydroxylation sites is 2. The number of nitrogens with zero attached hydrogens (tertiary/aromatic N) is 7. The second kappa shape index (κ2) is 41.5. The molecule has 0 spiro atoms. The molecule has 127 heavy (non-hydrogen) atoms. The predicted molar refractivity (Wildman–Crippen MR) is 511 cm³/mol. The molecule has 0 aliphatic heterocycles. The van der Waals surface area contributed by atoms with Crippen molar-refractivity contribution < 1.29 is 60.3 Å². The van der Waals surface area contributed by atoms with Crippen LogP contribution >= 0.6 is 0 Å². The first-order valence-electron chi connectivity index (χ1n) is 41.9. The topological polar surface area (TPSA) is 82.3 Å². The number of fused-ring (bicyclic) bond motifs is 9. The van der Waals surface area contributed by atoms with Crippen molar-refractivity contribution >= 4 is 21.8 Å². The van der Waals surface area contributed by atoms with Crippen LogP contribution in [0.3, 0.4) is 0 Å². The third kappa shape index (κ3) is 20.4. The summed E-state index contributed by atoms with van der Waals surface area (Å²) >= 11 is 0. The van der Waals surface area contributed by atoms with Gasteiger partial charge in [-0.15, -0.1) is 214 Å². The summed E-state index contributed by atoms with van der Waals surface area (Å²) < 4.78 is 2.34. The first-order valence-corrected chi connectivity index (χ1v) is 41.9. The number of hydrogen-bond donors (Lipinski definition) is 0. The molecule has 0 fully saturated rings. The van der Waals surface area contributed by atoms with Crippen LogP contribution in [0.2, 0.25) is 0 Å². The van der Waals surface area contributed by atoms with Gasteiger partial charge in [-0.05, 0) is 183 Å². The number of benzene rings is 13. The summed E-state index contributed by atoms with van der Waals surface area (Å²) in [6.07, 6.45) is 5.47. The van der Waals surface area contributed by atoms with E-state index in [0.29, 0.717) is 0 Å². The van der Waals surface area contributed by atoms with E-state index in [-0.39, 0.29) is 71.1 Å². The number of pyridine rings is 6. The minimum atomic E-state index is -0.0206. The summed E-state index contributed by atoms with van der Waals surface area (Å²) in [5.41, 5.74) is 37.0. The molecule has 10 heteroatoms. The van der Waals surface area contributed by atoms with E-state index in [0.717, 1.165) is 90.2 Å². The Bertz CT molecular complexity index is 6880. The Morgan fingerprint density at radius 1 is 0.236 bits per heavy atom. The van der Waals surface area contributed by atoms with Crippen molar-refractivity contribution in [2.75, 3.05) is 0 Å². The van der Waals surface area contributed by atoms with Crippen molar-refractivity contribution in [1.29, 1.82) is 0 Å². The molecule has 0 atom stereocenters. The van der Waals surface area contributed by atoms with E-state index in [2.05, 4.69) is 293 Å². The molecule has 20 aromatic rings. The zero-order valence-electron chi connectivity index (χ0n) is 71.4. The van der Waals surface area contributed by atoms with Gasteiger partial charge in [0.25, 0.3) is 0 Å². The average Bonchev–Trinajstić information content (AvgIpc) is 1.58. The molecule has 625 valence electrons. The second-order valence-corrected chi connectivity index (χ2v) is 31.7. The number of aryl methyl sites for hydroxylation is 3. The van der Waals surface area contributed by atoms with Crippen LogP contribution in [0.4, 0.5) is 0 Å². The Morgan fingerprint density at radius 3 is 1.08 bits per heavy atom. The van der Waals surface area contributed by atoms with Gasteiger partial charge in [0.15, 0.2) is 0 Å². The smallest absolute Gasteiger partial charge is 0.0541 e. The third-order valence-corrected chi connectivity index (χ3v) is 22.7. The van der Waals surface area contributed by atoms with E-state index in [1.165, 1.54) is 99.8 Å². The zero-order chi connectivity index (χ0) is 84.8. The van der Waals surface area contributed by atoms with Crippen LogP contribution in [-0.2, 0) is 71.1 Å². The maximum absolute atomic E-state index is 4.49. The van der Waals surface area contributed by atoms with E-state index < -0.39 is 0 Å². The molecular formula is C117H89Ir3N7-6. The molecule has 0 N–H and O–H groups in total. The van der Waals surface area contributed by atoms with Crippen LogP contribution in [-0.4, -0.2) is 34.5 Å². The van der Waals surface area contributed by atoms with E-state index in [1.807, 2.05) is 240 Å². The van der Waals surface area contributed by atoms with Crippen molar-refractivity contribution in [2.45, 2.75) is 59.3 Å². The monoisotopic (exact) mass is 2170 g/mol. The Kier molecular flexibility index (Phi) is 29.4. The molecule has 0 saturated heterocycles. The normalized spacial score (nSPS) is 11.7. The summed E-state index contributed by atoms with van der Waals surface area (Å²) in [6.45, 7) is 15.3. The van der Waals surface area contributed by atoms with Crippen LogP contribution in [0.25, 0.3) is 151 Å². The van der Waals surface area contributed by atoms with Gasteiger partial charge in [0.1, 0.15) is 0 Å². The molecule has 0 saturated carbocycles. The molecular weight excluding hydrogens is 2080 g/mol. The van der Waals surface area contributed by atoms with Crippen molar-refractivity contribution in [1.82, 2.24) is 34.5 Å². The fourth-order valence-corrected chi connectivity index (χ4v) is 16.7. The quantitative estimate of drug-likeness (QED) is 0.127. The van der Waals surface area contributed by atoms with Crippen LogP contribution in [0.5, 0.6) is 0 Å². The van der Waals surface area contributed by atoms with Gasteiger partial charge in [-0.25, -0.2) is 0 Å². The van der Waals surface area contributed by atoms with Gasteiger partial charge in [0.05, 0.1) is 11.0 Å². The van der Waals surface area contributed by atoms with Crippen LogP contribution < -0.4 is 0 Å². The minimum absolute atomic E-state index is 0. The van der Waals surface area contributed by atoms with Gasteiger partial charge in [-0.2, -0.15) is 0 Å². The molecule has 2 aliphatic carbocycles. The van der Waals surface area contributed by atoms with E-state index >= 15 is 0 Å². The van der Waals surface area contributed by atoms with Gasteiger partial charge in [0.2, 0.25) is 0 Å². The predicted octanol–water partition coefficient (Wildman–Crippen LogP) is 28.9. The first kappa shape index (κ1) is 89.8. The van der Waals surface area contributed by atoms with Gasteiger partial charge >= 0.3 is 0 Å². The molecule has 0 bridgehead atoms. The van der Waals surface area contributed by atoms with E-state index in [4.69, 9.17) is 0 Å². The van der Waals surface area contributed by atoms with Crippen molar-refractivity contribution in [3.8, 4) is 129 Å². The molecule has 7 heterocycles. The molecule has 7 aromatic heterocycles. The summed E-state index contributed by atoms with van der Waals surface area (Å²) in [5, 5.41) is 2.51. The molecule has 0 unspecified atom stereocenters. The third-order valence-electron chi connectivity index (χ3n) is 22.7. The Balaban J connectivity index is 0.000000127. The van der Waals surface area contributed by atoms with Crippen molar-refractivity contribution in [3.63, 3.8) is 0 Å². The number of hydrogen-bond acceptors (Lipinski definition) is 6. The summed E-state index contributed by atoms with van der Waals surface area (Å²) in [5.74, 6) is 0. The van der Waals surface area contributed by atoms with Gasteiger partial charge in [-0.3, -0.25) is 0 Å². The van der Waals surface area contributed by atoms with Crippen LogP contribution in [0, 0.1) is 57.2 Å². The summed E-state index contributed by atoms with van der Waals surface area (Å²) in [6, 6.07) is 155. The zero-order valence-corrected chi connectivity index (χ0v) is 78.6. The second-order valence-electron chi connectivity index (χ2n) is 31.7. The number of aromatic nitrogens is 7. The van der Waals surface area contributed by atoms with E-state index in [9.17, 15) is 0 Å². The Labute approximate surface area is 786 Å². The Hall–Kier alpha value is -13.5. The first-order chi connectivity index (χ1) is 60.8.